The predicted molar refractivity (Wildman–Crippen MR) is 210 cm³/mol. The van der Waals surface area contributed by atoms with Crippen LogP contribution in [0.2, 0.25) is 0 Å². The maximum absolute atomic E-state index is 12.7. The molecule has 6 unspecified atom stereocenters. The van der Waals surface area contributed by atoms with Crippen LogP contribution < -0.4 is 0 Å². The average molecular weight is 763 g/mol. The van der Waals surface area contributed by atoms with Crippen molar-refractivity contribution in [2.24, 2.45) is 0 Å². The summed E-state index contributed by atoms with van der Waals surface area (Å²) in [7, 11) is 0. The van der Waals surface area contributed by atoms with Gasteiger partial charge in [0.05, 0.1) is 6.61 Å². The van der Waals surface area contributed by atoms with Gasteiger partial charge in [-0.15, -0.1) is 0 Å². The molecule has 54 heavy (non-hydrogen) atoms. The molecule has 4 N–H and O–H groups in total. The lowest BCUT2D eigenvalue weighted by Crippen LogP contribution is -2.60. The van der Waals surface area contributed by atoms with Gasteiger partial charge in [-0.25, -0.2) is 4.79 Å². The zero-order chi connectivity index (χ0) is 39.7. The summed E-state index contributed by atoms with van der Waals surface area (Å²) in [5.41, 5.74) is 0. The molecule has 0 saturated carbocycles. The van der Waals surface area contributed by atoms with Gasteiger partial charge in [-0.2, -0.15) is 0 Å². The molecule has 1 fully saturated rings. The molecule has 0 amide bonds. The van der Waals surface area contributed by atoms with E-state index in [0.717, 1.165) is 70.6 Å². The van der Waals surface area contributed by atoms with Crippen molar-refractivity contribution in [3.05, 3.63) is 60.8 Å². The van der Waals surface area contributed by atoms with Crippen molar-refractivity contribution < 1.29 is 53.8 Å². The van der Waals surface area contributed by atoms with Gasteiger partial charge in [0.15, 0.2) is 18.5 Å². The number of carboxylic acid groups (broad SMARTS) is 1. The third-order valence-electron chi connectivity index (χ3n) is 8.88. The Morgan fingerprint density at radius 1 is 0.593 bits per heavy atom. The number of ether oxygens (including phenoxy) is 4. The summed E-state index contributed by atoms with van der Waals surface area (Å²) in [6.07, 6.45) is 30.0. The molecule has 0 aromatic rings. The normalized spacial score (nSPS) is 21.2. The molecule has 308 valence electrons. The number of esters is 2. The minimum absolute atomic E-state index is 0.173. The van der Waals surface area contributed by atoms with Crippen molar-refractivity contribution in [1.82, 2.24) is 0 Å². The van der Waals surface area contributed by atoms with Crippen LogP contribution in [-0.4, -0.2) is 88.4 Å². The van der Waals surface area contributed by atoms with Crippen LogP contribution >= 0.6 is 0 Å². The van der Waals surface area contributed by atoms with Crippen molar-refractivity contribution in [2.45, 2.75) is 179 Å². The third-order valence-corrected chi connectivity index (χ3v) is 8.88. The minimum Gasteiger partial charge on any atom is -0.479 e. The van der Waals surface area contributed by atoms with E-state index in [4.69, 9.17) is 18.9 Å². The van der Waals surface area contributed by atoms with Crippen LogP contribution in [0.15, 0.2) is 60.8 Å². The minimum atomic E-state index is -1.87. The second-order valence-electron chi connectivity index (χ2n) is 13.7. The Hall–Kier alpha value is -3.09. The highest BCUT2D eigenvalue weighted by Crippen LogP contribution is 2.23. The molecule has 0 bridgehead atoms. The molecule has 11 heteroatoms. The standard InChI is InChI=1S/C43H70O11/c1-3-5-7-9-11-13-14-15-16-17-18-19-20-21-22-24-25-27-29-31-36(44)51-33-35(53-37(45)32-30-28-26-23-12-10-8-6-4-2)34-52-43-40(48)38(46)39(47)41(54-43)42(49)50/h5,7,11,13,15-16,18-19,21-22,35,38-41,43,46-48H,3-4,6,8-10,12,14,17,20,23-34H2,1-2H3,(H,49,50)/b7-5-,13-11-,16-15-,19-18-,22-21-. The predicted octanol–water partition coefficient (Wildman–Crippen LogP) is 7.97. The van der Waals surface area contributed by atoms with Gasteiger partial charge in [0.25, 0.3) is 0 Å². The fourth-order valence-electron chi connectivity index (χ4n) is 5.67. The molecule has 1 heterocycles. The van der Waals surface area contributed by atoms with Gasteiger partial charge in [-0.1, -0.05) is 132 Å². The van der Waals surface area contributed by atoms with Crippen LogP contribution in [0.5, 0.6) is 0 Å². The zero-order valence-electron chi connectivity index (χ0n) is 32.9. The first-order chi connectivity index (χ1) is 26.2. The van der Waals surface area contributed by atoms with E-state index in [1.807, 2.05) is 0 Å². The zero-order valence-corrected chi connectivity index (χ0v) is 32.9. The molecular weight excluding hydrogens is 692 g/mol. The molecular formula is C43H70O11. The Balaban J connectivity index is 2.41. The number of hydrogen-bond donors (Lipinski definition) is 4. The largest absolute Gasteiger partial charge is 0.479 e. The second-order valence-corrected chi connectivity index (χ2v) is 13.7. The van der Waals surface area contributed by atoms with Crippen molar-refractivity contribution in [1.29, 1.82) is 0 Å². The number of carbonyl (C=O) groups excluding carboxylic acids is 2. The third kappa shape index (κ3) is 25.1. The molecule has 1 saturated heterocycles. The highest BCUT2D eigenvalue weighted by Gasteiger charge is 2.47. The first-order valence-electron chi connectivity index (χ1n) is 20.3. The summed E-state index contributed by atoms with van der Waals surface area (Å²) in [4.78, 5) is 36.6. The highest BCUT2D eigenvalue weighted by molar-refractivity contribution is 5.73. The van der Waals surface area contributed by atoms with Gasteiger partial charge in [0, 0.05) is 12.8 Å². The maximum atomic E-state index is 12.7. The van der Waals surface area contributed by atoms with Crippen LogP contribution in [0.4, 0.5) is 0 Å². The number of aliphatic hydroxyl groups excluding tert-OH is 3. The maximum Gasteiger partial charge on any atom is 0.335 e. The fraction of sp³-hybridized carbons (Fsp3) is 0.698. The summed E-state index contributed by atoms with van der Waals surface area (Å²) in [6, 6.07) is 0. The molecule has 6 atom stereocenters. The van der Waals surface area contributed by atoms with Crippen LogP contribution in [0, 0.1) is 0 Å². The van der Waals surface area contributed by atoms with Crippen LogP contribution in [0.1, 0.15) is 142 Å². The van der Waals surface area contributed by atoms with E-state index in [1.54, 1.807) is 0 Å². The summed E-state index contributed by atoms with van der Waals surface area (Å²) < 4.78 is 21.6. The van der Waals surface area contributed by atoms with Gasteiger partial charge < -0.3 is 39.4 Å². The summed E-state index contributed by atoms with van der Waals surface area (Å²) in [6.45, 7) is 3.61. The van der Waals surface area contributed by atoms with E-state index in [9.17, 15) is 34.8 Å². The van der Waals surface area contributed by atoms with E-state index in [-0.39, 0.29) is 19.4 Å². The summed E-state index contributed by atoms with van der Waals surface area (Å²) >= 11 is 0. The average Bonchev–Trinajstić information content (AvgIpc) is 3.15. The number of allylic oxidation sites excluding steroid dienone is 10. The molecule has 0 radical (unpaired) electrons. The molecule has 0 aliphatic carbocycles. The number of aliphatic carboxylic acids is 1. The molecule has 0 aromatic carbocycles. The second kappa shape index (κ2) is 33.3. The van der Waals surface area contributed by atoms with E-state index in [1.165, 1.54) is 32.1 Å². The number of carbonyl (C=O) groups is 3. The molecule has 0 spiro atoms. The Kier molecular flexibility index (Phi) is 30.1. The molecule has 0 aromatic heterocycles. The van der Waals surface area contributed by atoms with Crippen molar-refractivity contribution in [3.8, 4) is 0 Å². The molecule has 1 aliphatic rings. The van der Waals surface area contributed by atoms with Crippen molar-refractivity contribution in [2.75, 3.05) is 13.2 Å². The number of rotatable bonds is 32. The van der Waals surface area contributed by atoms with Crippen LogP contribution in [0.3, 0.4) is 0 Å². The number of unbranched alkanes of at least 4 members (excludes halogenated alkanes) is 11. The lowest BCUT2D eigenvalue weighted by atomic mass is 9.99. The van der Waals surface area contributed by atoms with Crippen LogP contribution in [0.25, 0.3) is 0 Å². The van der Waals surface area contributed by atoms with Gasteiger partial charge in [-0.05, 0) is 57.8 Å². The van der Waals surface area contributed by atoms with Crippen molar-refractivity contribution >= 4 is 17.9 Å². The lowest BCUT2D eigenvalue weighted by Gasteiger charge is -2.38. The van der Waals surface area contributed by atoms with Gasteiger partial charge >= 0.3 is 17.9 Å². The topological polar surface area (TPSA) is 169 Å². The number of hydrogen-bond acceptors (Lipinski definition) is 10. The van der Waals surface area contributed by atoms with Gasteiger partial charge in [-0.3, -0.25) is 9.59 Å². The van der Waals surface area contributed by atoms with Gasteiger partial charge in [0.1, 0.15) is 24.9 Å². The van der Waals surface area contributed by atoms with E-state index in [2.05, 4.69) is 74.6 Å². The number of aliphatic hydroxyl groups is 3. The van der Waals surface area contributed by atoms with E-state index in [0.29, 0.717) is 12.8 Å². The first kappa shape index (κ1) is 48.9. The Morgan fingerprint density at radius 2 is 1.09 bits per heavy atom. The van der Waals surface area contributed by atoms with E-state index < -0.39 is 61.3 Å². The van der Waals surface area contributed by atoms with E-state index >= 15 is 0 Å². The molecule has 1 rings (SSSR count). The summed E-state index contributed by atoms with van der Waals surface area (Å²) in [5.74, 6) is -2.50. The lowest BCUT2D eigenvalue weighted by molar-refractivity contribution is -0.298. The quantitative estimate of drug-likeness (QED) is 0.0298. The molecule has 1 aliphatic heterocycles. The molecule has 11 nitrogen and oxygen atoms in total. The number of carboxylic acids is 1. The highest BCUT2D eigenvalue weighted by atomic mass is 16.7. The summed E-state index contributed by atoms with van der Waals surface area (Å²) in [5, 5.41) is 39.6. The Bertz CT molecular complexity index is 1130. The smallest absolute Gasteiger partial charge is 0.335 e. The first-order valence-corrected chi connectivity index (χ1v) is 20.3. The van der Waals surface area contributed by atoms with Gasteiger partial charge in [0.2, 0.25) is 0 Å². The Morgan fingerprint density at radius 3 is 1.65 bits per heavy atom. The fourth-order valence-corrected chi connectivity index (χ4v) is 5.67. The Labute approximate surface area is 324 Å². The van der Waals surface area contributed by atoms with Crippen molar-refractivity contribution in [3.63, 3.8) is 0 Å². The monoisotopic (exact) mass is 762 g/mol. The van der Waals surface area contributed by atoms with Crippen LogP contribution in [-0.2, 0) is 33.3 Å². The SMILES string of the molecule is CC/C=C\C/C=C\C/C=C\C/C=C\C/C=C\CCCCCC(=O)OCC(COC1OC(C(=O)O)C(O)C(O)C1O)OC(=O)CCCCCCCCCCC.